The number of aliphatic hydroxyl groups is 1. The van der Waals surface area contributed by atoms with Crippen LogP contribution in [0.4, 0.5) is 0 Å². The average Bonchev–Trinajstić information content (AvgIpc) is 2.39. The number of benzene rings is 1. The van der Waals surface area contributed by atoms with Crippen LogP contribution >= 0.6 is 0 Å². The number of nitrogens with zero attached hydrogens (tertiary/aromatic N) is 1. The van der Waals surface area contributed by atoms with Crippen molar-refractivity contribution >= 4 is 0 Å². The fourth-order valence-electron chi connectivity index (χ4n) is 2.18. The maximum absolute atomic E-state index is 10.4. The molecule has 94 valence electrons. The number of aryl methyl sites for hydroxylation is 2. The number of aromatic nitrogens is 1. The molecule has 1 atom stereocenters. The molecule has 1 aromatic carbocycles. The summed E-state index contributed by atoms with van der Waals surface area (Å²) in [6, 6.07) is 10.1. The van der Waals surface area contributed by atoms with Crippen LogP contribution in [0.1, 0.15) is 41.7 Å². The molecule has 2 nitrogen and oxygen atoms in total. The molecule has 2 rings (SSSR count). The van der Waals surface area contributed by atoms with Gasteiger partial charge in [0.2, 0.25) is 0 Å². The van der Waals surface area contributed by atoms with E-state index in [0.717, 1.165) is 29.5 Å². The lowest BCUT2D eigenvalue weighted by atomic mass is 9.97. The van der Waals surface area contributed by atoms with Crippen molar-refractivity contribution in [2.24, 2.45) is 0 Å². The van der Waals surface area contributed by atoms with Crippen molar-refractivity contribution in [2.45, 2.75) is 32.8 Å². The first kappa shape index (κ1) is 12.8. The zero-order valence-electron chi connectivity index (χ0n) is 10.9. The third-order valence-corrected chi connectivity index (χ3v) is 3.16. The zero-order chi connectivity index (χ0) is 13.0. The molecule has 0 bridgehead atoms. The van der Waals surface area contributed by atoms with E-state index in [2.05, 4.69) is 24.0 Å². The van der Waals surface area contributed by atoms with Gasteiger partial charge in [-0.05, 0) is 41.7 Å². The predicted octanol–water partition coefficient (Wildman–Crippen LogP) is 3.42. The molecule has 1 aromatic heterocycles. The molecule has 0 fully saturated rings. The van der Waals surface area contributed by atoms with Gasteiger partial charge in [0.1, 0.15) is 6.10 Å². The van der Waals surface area contributed by atoms with Gasteiger partial charge in [0.25, 0.3) is 0 Å². The molecule has 1 heterocycles. The van der Waals surface area contributed by atoms with E-state index in [4.69, 9.17) is 0 Å². The van der Waals surface area contributed by atoms with Crippen LogP contribution in [-0.4, -0.2) is 10.1 Å². The maximum Gasteiger partial charge on any atom is 0.104 e. The third-order valence-electron chi connectivity index (χ3n) is 3.16. The highest BCUT2D eigenvalue weighted by Crippen LogP contribution is 2.24. The van der Waals surface area contributed by atoms with Gasteiger partial charge in [-0.3, -0.25) is 4.98 Å². The Balaban J connectivity index is 2.31. The minimum Gasteiger partial charge on any atom is -0.384 e. The minimum atomic E-state index is -0.565. The van der Waals surface area contributed by atoms with Crippen LogP contribution in [0.2, 0.25) is 0 Å². The summed E-state index contributed by atoms with van der Waals surface area (Å²) in [6.07, 6.45) is 5.12. The van der Waals surface area contributed by atoms with E-state index in [1.807, 2.05) is 25.1 Å². The van der Waals surface area contributed by atoms with Gasteiger partial charge in [0, 0.05) is 12.4 Å². The lowest BCUT2D eigenvalue weighted by Crippen LogP contribution is -2.03. The van der Waals surface area contributed by atoms with Crippen molar-refractivity contribution in [2.75, 3.05) is 0 Å². The molecule has 1 N–H and O–H groups in total. The number of aliphatic hydroxyl groups excluding tert-OH is 1. The van der Waals surface area contributed by atoms with E-state index in [0.29, 0.717) is 0 Å². The number of hydrogen-bond donors (Lipinski definition) is 1. The van der Waals surface area contributed by atoms with Crippen molar-refractivity contribution in [3.8, 4) is 0 Å². The molecule has 0 aliphatic heterocycles. The van der Waals surface area contributed by atoms with Crippen LogP contribution in [-0.2, 0) is 6.42 Å². The van der Waals surface area contributed by atoms with Gasteiger partial charge < -0.3 is 5.11 Å². The van der Waals surface area contributed by atoms with Crippen molar-refractivity contribution in [3.63, 3.8) is 0 Å². The summed E-state index contributed by atoms with van der Waals surface area (Å²) in [5, 5.41) is 10.4. The van der Waals surface area contributed by atoms with Crippen LogP contribution in [0.5, 0.6) is 0 Å². The molecule has 0 saturated carbocycles. The van der Waals surface area contributed by atoms with Gasteiger partial charge >= 0.3 is 0 Å². The average molecular weight is 241 g/mol. The van der Waals surface area contributed by atoms with E-state index in [-0.39, 0.29) is 0 Å². The SMILES string of the molecule is CCCc1cccc(C(O)c2ccncc2C)c1. The monoisotopic (exact) mass is 241 g/mol. The number of rotatable bonds is 4. The molecule has 0 amide bonds. The molecule has 18 heavy (non-hydrogen) atoms. The summed E-state index contributed by atoms with van der Waals surface area (Å²) in [5.41, 5.74) is 4.18. The standard InChI is InChI=1S/C16H19NO/c1-3-5-13-6-4-7-14(10-13)16(18)15-8-9-17-11-12(15)2/h4,6-11,16,18H,3,5H2,1-2H3. The normalized spacial score (nSPS) is 12.4. The van der Waals surface area contributed by atoms with E-state index in [1.54, 1.807) is 12.4 Å². The number of hydrogen-bond acceptors (Lipinski definition) is 2. The smallest absolute Gasteiger partial charge is 0.104 e. The van der Waals surface area contributed by atoms with Crippen LogP contribution in [0.25, 0.3) is 0 Å². The Bertz CT molecular complexity index is 522. The van der Waals surface area contributed by atoms with Crippen molar-refractivity contribution in [3.05, 3.63) is 65.0 Å². The summed E-state index contributed by atoms with van der Waals surface area (Å²) >= 11 is 0. The van der Waals surface area contributed by atoms with Crippen LogP contribution in [0, 0.1) is 6.92 Å². The van der Waals surface area contributed by atoms with Gasteiger partial charge in [-0.25, -0.2) is 0 Å². The fourth-order valence-corrected chi connectivity index (χ4v) is 2.18. The molecule has 0 aliphatic carbocycles. The van der Waals surface area contributed by atoms with Gasteiger partial charge in [0.05, 0.1) is 0 Å². The summed E-state index contributed by atoms with van der Waals surface area (Å²) in [7, 11) is 0. The lowest BCUT2D eigenvalue weighted by Gasteiger charge is -2.14. The first-order valence-corrected chi connectivity index (χ1v) is 6.39. The van der Waals surface area contributed by atoms with Crippen LogP contribution in [0.3, 0.4) is 0 Å². The van der Waals surface area contributed by atoms with Crippen molar-refractivity contribution in [1.29, 1.82) is 0 Å². The van der Waals surface area contributed by atoms with Crippen LogP contribution < -0.4 is 0 Å². The summed E-state index contributed by atoms with van der Waals surface area (Å²) in [5.74, 6) is 0. The van der Waals surface area contributed by atoms with Gasteiger partial charge in [-0.15, -0.1) is 0 Å². The third kappa shape index (κ3) is 2.77. The van der Waals surface area contributed by atoms with Gasteiger partial charge in [0.15, 0.2) is 0 Å². The Morgan fingerprint density at radius 1 is 1.28 bits per heavy atom. The van der Waals surface area contributed by atoms with Crippen LogP contribution in [0.15, 0.2) is 42.7 Å². The first-order valence-electron chi connectivity index (χ1n) is 6.39. The highest BCUT2D eigenvalue weighted by Gasteiger charge is 2.12. The largest absolute Gasteiger partial charge is 0.384 e. The molecule has 0 radical (unpaired) electrons. The Hall–Kier alpha value is -1.67. The first-order chi connectivity index (χ1) is 8.72. The Kier molecular flexibility index (Phi) is 4.11. The molecule has 0 spiro atoms. The summed E-state index contributed by atoms with van der Waals surface area (Å²) in [4.78, 5) is 4.06. The topological polar surface area (TPSA) is 33.1 Å². The fraction of sp³-hybridized carbons (Fsp3) is 0.312. The van der Waals surface area contributed by atoms with E-state index in [1.165, 1.54) is 5.56 Å². The Morgan fingerprint density at radius 3 is 2.83 bits per heavy atom. The summed E-state index contributed by atoms with van der Waals surface area (Å²) in [6.45, 7) is 4.14. The second-order valence-electron chi connectivity index (χ2n) is 4.63. The van der Waals surface area contributed by atoms with Gasteiger partial charge in [-0.2, -0.15) is 0 Å². The molecule has 2 aromatic rings. The van der Waals surface area contributed by atoms with E-state index in [9.17, 15) is 5.11 Å². The Labute approximate surface area is 108 Å². The highest BCUT2D eigenvalue weighted by molar-refractivity contribution is 5.35. The quantitative estimate of drug-likeness (QED) is 0.889. The van der Waals surface area contributed by atoms with Crippen molar-refractivity contribution < 1.29 is 5.11 Å². The summed E-state index contributed by atoms with van der Waals surface area (Å²) < 4.78 is 0. The van der Waals surface area contributed by atoms with Gasteiger partial charge in [-0.1, -0.05) is 37.6 Å². The number of pyridine rings is 1. The molecule has 0 aliphatic rings. The zero-order valence-corrected chi connectivity index (χ0v) is 10.9. The molecule has 1 unspecified atom stereocenters. The lowest BCUT2D eigenvalue weighted by molar-refractivity contribution is 0.219. The maximum atomic E-state index is 10.4. The van der Waals surface area contributed by atoms with E-state index >= 15 is 0 Å². The molecular formula is C16H19NO. The predicted molar refractivity (Wildman–Crippen MR) is 73.5 cm³/mol. The Morgan fingerprint density at radius 2 is 2.11 bits per heavy atom. The molecular weight excluding hydrogens is 222 g/mol. The van der Waals surface area contributed by atoms with Crippen molar-refractivity contribution in [1.82, 2.24) is 4.98 Å². The second-order valence-corrected chi connectivity index (χ2v) is 4.63. The molecule has 0 saturated heterocycles. The highest BCUT2D eigenvalue weighted by atomic mass is 16.3. The van der Waals surface area contributed by atoms with E-state index < -0.39 is 6.10 Å². The minimum absolute atomic E-state index is 0.565. The molecule has 2 heteroatoms. The second kappa shape index (κ2) is 5.78.